The second kappa shape index (κ2) is 5.57. The van der Waals surface area contributed by atoms with E-state index in [0.717, 1.165) is 10.9 Å². The van der Waals surface area contributed by atoms with E-state index < -0.39 is 0 Å². The highest BCUT2D eigenvalue weighted by Crippen LogP contribution is 2.16. The molecule has 0 aliphatic heterocycles. The third kappa shape index (κ3) is 3.13. The van der Waals surface area contributed by atoms with Crippen LogP contribution in [0.3, 0.4) is 0 Å². The van der Waals surface area contributed by atoms with Gasteiger partial charge in [0.25, 0.3) is 0 Å². The number of benzene rings is 1. The van der Waals surface area contributed by atoms with Crippen molar-refractivity contribution in [3.63, 3.8) is 0 Å². The van der Waals surface area contributed by atoms with Crippen LogP contribution in [-0.4, -0.2) is 0 Å². The molecule has 1 atom stereocenters. The number of halogens is 2. The summed E-state index contributed by atoms with van der Waals surface area (Å²) in [5.41, 5.74) is 7.03. The molecule has 3 heteroatoms. The second-order valence-electron chi connectivity index (χ2n) is 2.57. The fourth-order valence-corrected chi connectivity index (χ4v) is 1.21. The van der Waals surface area contributed by atoms with Gasteiger partial charge in [0.1, 0.15) is 0 Å². The summed E-state index contributed by atoms with van der Waals surface area (Å²) < 4.78 is 1.10. The highest BCUT2D eigenvalue weighted by atomic mass is 79.9. The topological polar surface area (TPSA) is 26.0 Å². The minimum atomic E-state index is 0. The van der Waals surface area contributed by atoms with E-state index in [0.29, 0.717) is 0 Å². The Morgan fingerprint density at radius 3 is 2.25 bits per heavy atom. The maximum Gasteiger partial charge on any atom is 0.0292 e. The Morgan fingerprint density at radius 1 is 1.33 bits per heavy atom. The lowest BCUT2D eigenvalue weighted by molar-refractivity contribution is 0.698. The van der Waals surface area contributed by atoms with Crippen LogP contribution in [0.5, 0.6) is 0 Å². The second-order valence-corrected chi connectivity index (χ2v) is 3.48. The number of nitrogens with two attached hydrogens (primary N) is 1. The molecule has 1 rings (SSSR count). The SMILES string of the molecule is CCC(N)c1ccc(Br)cc1.Cl. The van der Waals surface area contributed by atoms with Gasteiger partial charge in [-0.1, -0.05) is 35.0 Å². The molecule has 0 amide bonds. The van der Waals surface area contributed by atoms with E-state index >= 15 is 0 Å². The first-order valence-corrected chi connectivity index (χ1v) is 4.54. The van der Waals surface area contributed by atoms with Gasteiger partial charge in [0.2, 0.25) is 0 Å². The quantitative estimate of drug-likeness (QED) is 0.856. The van der Waals surface area contributed by atoms with E-state index in [4.69, 9.17) is 5.73 Å². The van der Waals surface area contributed by atoms with E-state index in [1.54, 1.807) is 0 Å². The Hall–Kier alpha value is -0.0500. The van der Waals surface area contributed by atoms with Crippen LogP contribution in [0.15, 0.2) is 28.7 Å². The fraction of sp³-hybridized carbons (Fsp3) is 0.333. The van der Waals surface area contributed by atoms with Gasteiger partial charge in [0.15, 0.2) is 0 Å². The monoisotopic (exact) mass is 249 g/mol. The van der Waals surface area contributed by atoms with Gasteiger partial charge in [-0.3, -0.25) is 0 Å². The minimum Gasteiger partial charge on any atom is -0.324 e. The molecule has 0 bridgehead atoms. The maximum atomic E-state index is 5.83. The number of hydrogen-bond acceptors (Lipinski definition) is 1. The first kappa shape index (κ1) is 11.9. The van der Waals surface area contributed by atoms with Crippen LogP contribution in [0.2, 0.25) is 0 Å². The Kier molecular flexibility index (Phi) is 5.55. The predicted octanol–water partition coefficient (Wildman–Crippen LogP) is 3.28. The van der Waals surface area contributed by atoms with Crippen LogP contribution >= 0.6 is 28.3 Å². The zero-order chi connectivity index (χ0) is 8.27. The van der Waals surface area contributed by atoms with Crippen molar-refractivity contribution in [1.29, 1.82) is 0 Å². The summed E-state index contributed by atoms with van der Waals surface area (Å²) >= 11 is 3.38. The molecule has 0 saturated heterocycles. The van der Waals surface area contributed by atoms with Crippen molar-refractivity contribution in [2.45, 2.75) is 19.4 Å². The Bertz CT molecular complexity index is 222. The smallest absolute Gasteiger partial charge is 0.0292 e. The third-order valence-corrected chi connectivity index (χ3v) is 2.27. The van der Waals surface area contributed by atoms with Crippen LogP contribution in [0.25, 0.3) is 0 Å². The molecule has 2 N–H and O–H groups in total. The van der Waals surface area contributed by atoms with Crippen LogP contribution < -0.4 is 5.73 Å². The molecule has 1 aromatic rings. The molecule has 1 unspecified atom stereocenters. The standard InChI is InChI=1S/C9H12BrN.ClH/c1-2-9(11)7-3-5-8(10)6-4-7;/h3-6,9H,2,11H2,1H3;1H. The summed E-state index contributed by atoms with van der Waals surface area (Å²) in [5, 5.41) is 0. The maximum absolute atomic E-state index is 5.83. The molecule has 0 aliphatic carbocycles. The summed E-state index contributed by atoms with van der Waals surface area (Å²) in [6.07, 6.45) is 0.988. The van der Waals surface area contributed by atoms with Crippen molar-refractivity contribution in [1.82, 2.24) is 0 Å². The largest absolute Gasteiger partial charge is 0.324 e. The molecule has 1 aromatic carbocycles. The Labute approximate surface area is 87.9 Å². The van der Waals surface area contributed by atoms with Crippen molar-refractivity contribution in [3.8, 4) is 0 Å². The summed E-state index contributed by atoms with van der Waals surface area (Å²) in [6.45, 7) is 2.09. The van der Waals surface area contributed by atoms with Crippen molar-refractivity contribution >= 4 is 28.3 Å². The van der Waals surface area contributed by atoms with E-state index in [1.807, 2.05) is 12.1 Å². The predicted molar refractivity (Wildman–Crippen MR) is 58.6 cm³/mol. The molecule has 0 radical (unpaired) electrons. The van der Waals surface area contributed by atoms with Gasteiger partial charge in [0.05, 0.1) is 0 Å². The van der Waals surface area contributed by atoms with Gasteiger partial charge in [-0.05, 0) is 24.1 Å². The molecule has 1 nitrogen and oxygen atoms in total. The van der Waals surface area contributed by atoms with Crippen LogP contribution in [0.1, 0.15) is 24.9 Å². The molecule has 0 aromatic heterocycles. The van der Waals surface area contributed by atoms with E-state index in [2.05, 4.69) is 35.0 Å². The van der Waals surface area contributed by atoms with Crippen molar-refractivity contribution in [2.75, 3.05) is 0 Å². The zero-order valence-corrected chi connectivity index (χ0v) is 9.36. The summed E-state index contributed by atoms with van der Waals surface area (Å²) in [6, 6.07) is 8.33. The average Bonchev–Trinajstić information content (AvgIpc) is 2.05. The highest BCUT2D eigenvalue weighted by Gasteiger charge is 2.00. The number of rotatable bonds is 2. The Balaban J connectivity index is 0.00000121. The van der Waals surface area contributed by atoms with Crippen molar-refractivity contribution < 1.29 is 0 Å². The van der Waals surface area contributed by atoms with Gasteiger partial charge < -0.3 is 5.73 Å². The van der Waals surface area contributed by atoms with E-state index in [9.17, 15) is 0 Å². The summed E-state index contributed by atoms with van der Waals surface area (Å²) in [5.74, 6) is 0. The third-order valence-electron chi connectivity index (χ3n) is 1.74. The summed E-state index contributed by atoms with van der Waals surface area (Å²) in [7, 11) is 0. The number of hydrogen-bond donors (Lipinski definition) is 1. The Morgan fingerprint density at radius 2 is 1.83 bits per heavy atom. The van der Waals surface area contributed by atoms with Gasteiger partial charge in [-0.15, -0.1) is 12.4 Å². The molecule has 0 fully saturated rings. The normalized spacial score (nSPS) is 11.9. The lowest BCUT2D eigenvalue weighted by Gasteiger charge is -2.07. The molecule has 0 spiro atoms. The molecule has 12 heavy (non-hydrogen) atoms. The van der Waals surface area contributed by atoms with Crippen LogP contribution in [0.4, 0.5) is 0 Å². The molecular weight excluding hydrogens is 237 g/mol. The van der Waals surface area contributed by atoms with Gasteiger partial charge in [-0.2, -0.15) is 0 Å². The molecule has 68 valence electrons. The van der Waals surface area contributed by atoms with Crippen molar-refractivity contribution in [2.24, 2.45) is 5.73 Å². The van der Waals surface area contributed by atoms with E-state index in [1.165, 1.54) is 5.56 Å². The molecule has 0 heterocycles. The van der Waals surface area contributed by atoms with E-state index in [-0.39, 0.29) is 18.4 Å². The highest BCUT2D eigenvalue weighted by molar-refractivity contribution is 9.10. The lowest BCUT2D eigenvalue weighted by atomic mass is 10.1. The van der Waals surface area contributed by atoms with Crippen LogP contribution in [-0.2, 0) is 0 Å². The fourth-order valence-electron chi connectivity index (χ4n) is 0.946. The first-order valence-electron chi connectivity index (χ1n) is 3.75. The zero-order valence-electron chi connectivity index (χ0n) is 6.96. The molecular formula is C9H13BrClN. The van der Waals surface area contributed by atoms with Crippen LogP contribution in [0, 0.1) is 0 Å². The van der Waals surface area contributed by atoms with Crippen molar-refractivity contribution in [3.05, 3.63) is 34.3 Å². The lowest BCUT2D eigenvalue weighted by Crippen LogP contribution is -2.07. The van der Waals surface area contributed by atoms with Gasteiger partial charge >= 0.3 is 0 Å². The molecule has 0 saturated carbocycles. The summed E-state index contributed by atoms with van der Waals surface area (Å²) in [4.78, 5) is 0. The van der Waals surface area contributed by atoms with Gasteiger partial charge in [0, 0.05) is 10.5 Å². The average molecular weight is 251 g/mol. The molecule has 0 aliphatic rings. The first-order chi connectivity index (χ1) is 5.24. The minimum absolute atomic E-state index is 0. The van der Waals surface area contributed by atoms with Gasteiger partial charge in [-0.25, -0.2) is 0 Å².